The van der Waals surface area contributed by atoms with Gasteiger partial charge in [-0.15, -0.1) is 0 Å². The van der Waals surface area contributed by atoms with Gasteiger partial charge in [-0.3, -0.25) is 9.59 Å². The summed E-state index contributed by atoms with van der Waals surface area (Å²) in [7, 11) is 0. The summed E-state index contributed by atoms with van der Waals surface area (Å²) in [6, 6.07) is 0. The lowest BCUT2D eigenvalue weighted by Gasteiger charge is -2.15. The number of unbranched alkanes of at least 4 members (excludes halogenated alkanes) is 27. The Bertz CT molecular complexity index is 746. The molecule has 5 nitrogen and oxygen atoms in total. The minimum absolute atomic E-state index is 0.0677. The number of ether oxygens (including phenoxy) is 2. The third-order valence-corrected chi connectivity index (χ3v) is 9.47. The molecular formula is C44H82O5. The van der Waals surface area contributed by atoms with Gasteiger partial charge in [0.25, 0.3) is 0 Å². The van der Waals surface area contributed by atoms with Crippen molar-refractivity contribution in [3.05, 3.63) is 24.3 Å². The van der Waals surface area contributed by atoms with Crippen LogP contribution in [-0.2, 0) is 19.1 Å². The van der Waals surface area contributed by atoms with Gasteiger partial charge in [-0.2, -0.15) is 0 Å². The third kappa shape index (κ3) is 39.0. The molecule has 0 aromatic rings. The molecule has 0 saturated heterocycles. The van der Waals surface area contributed by atoms with Crippen LogP contribution in [0.3, 0.4) is 0 Å². The second-order valence-electron chi connectivity index (χ2n) is 14.4. The molecule has 5 heteroatoms. The van der Waals surface area contributed by atoms with E-state index in [4.69, 9.17) is 9.47 Å². The van der Waals surface area contributed by atoms with E-state index in [1.165, 1.54) is 154 Å². The van der Waals surface area contributed by atoms with Crippen LogP contribution >= 0.6 is 0 Å². The highest BCUT2D eigenvalue weighted by molar-refractivity contribution is 5.70. The minimum atomic E-state index is -0.772. The van der Waals surface area contributed by atoms with Crippen LogP contribution in [0.4, 0.5) is 0 Å². The fraction of sp³-hybridized carbons (Fsp3) is 0.864. The average molecular weight is 691 g/mol. The number of hydrogen-bond acceptors (Lipinski definition) is 5. The SMILES string of the molecule is CCCCCCCC/C=C\CCCCCCCCCCCC(=O)OC(CO)COC(=O)CCCCCCC/C=C\CCCCCCCCC. The van der Waals surface area contributed by atoms with Crippen molar-refractivity contribution in [2.75, 3.05) is 13.2 Å². The summed E-state index contributed by atoms with van der Waals surface area (Å²) in [6.07, 6.45) is 48.1. The van der Waals surface area contributed by atoms with Crippen LogP contribution in [-0.4, -0.2) is 36.4 Å². The number of aliphatic hydroxyl groups excluding tert-OH is 1. The lowest BCUT2D eigenvalue weighted by molar-refractivity contribution is -0.161. The molecule has 49 heavy (non-hydrogen) atoms. The Morgan fingerprint density at radius 1 is 0.449 bits per heavy atom. The Hall–Kier alpha value is -1.62. The van der Waals surface area contributed by atoms with Crippen molar-refractivity contribution in [1.29, 1.82) is 0 Å². The summed E-state index contributed by atoms with van der Waals surface area (Å²) in [5, 5.41) is 9.57. The molecule has 0 spiro atoms. The first-order chi connectivity index (χ1) is 24.1. The van der Waals surface area contributed by atoms with E-state index in [0.717, 1.165) is 44.9 Å². The zero-order valence-electron chi connectivity index (χ0n) is 32.7. The highest BCUT2D eigenvalue weighted by Gasteiger charge is 2.16. The van der Waals surface area contributed by atoms with Crippen molar-refractivity contribution in [2.45, 2.75) is 232 Å². The van der Waals surface area contributed by atoms with Gasteiger partial charge >= 0.3 is 11.9 Å². The maximum atomic E-state index is 12.2. The quantitative estimate of drug-likeness (QED) is 0.0395. The zero-order chi connectivity index (χ0) is 35.7. The van der Waals surface area contributed by atoms with E-state index in [1.807, 2.05) is 0 Å². The monoisotopic (exact) mass is 691 g/mol. The second kappa shape index (κ2) is 40.8. The van der Waals surface area contributed by atoms with Gasteiger partial charge in [-0.1, -0.05) is 173 Å². The fourth-order valence-electron chi connectivity index (χ4n) is 6.19. The highest BCUT2D eigenvalue weighted by atomic mass is 16.6. The van der Waals surface area contributed by atoms with E-state index < -0.39 is 6.10 Å². The molecule has 0 aliphatic heterocycles. The molecule has 0 fully saturated rings. The van der Waals surface area contributed by atoms with Crippen molar-refractivity contribution >= 4 is 11.9 Å². The van der Waals surface area contributed by atoms with Crippen LogP contribution in [0.25, 0.3) is 0 Å². The molecule has 0 heterocycles. The van der Waals surface area contributed by atoms with Crippen LogP contribution in [0.2, 0.25) is 0 Å². The van der Waals surface area contributed by atoms with Gasteiger partial charge in [0.2, 0.25) is 0 Å². The van der Waals surface area contributed by atoms with Crippen molar-refractivity contribution in [3.63, 3.8) is 0 Å². The molecular weight excluding hydrogens is 608 g/mol. The Kier molecular flexibility index (Phi) is 39.5. The molecule has 1 unspecified atom stereocenters. The molecule has 0 rings (SSSR count). The first kappa shape index (κ1) is 47.4. The Balaban J connectivity index is 3.53. The lowest BCUT2D eigenvalue weighted by atomic mass is 10.1. The Morgan fingerprint density at radius 3 is 1.10 bits per heavy atom. The largest absolute Gasteiger partial charge is 0.462 e. The number of rotatable bonds is 39. The van der Waals surface area contributed by atoms with Crippen LogP contribution < -0.4 is 0 Å². The smallest absolute Gasteiger partial charge is 0.306 e. The third-order valence-electron chi connectivity index (χ3n) is 9.47. The number of hydrogen-bond donors (Lipinski definition) is 1. The van der Waals surface area contributed by atoms with Crippen LogP contribution in [0.1, 0.15) is 226 Å². The maximum absolute atomic E-state index is 12.2. The number of aliphatic hydroxyl groups is 1. The van der Waals surface area contributed by atoms with E-state index >= 15 is 0 Å². The van der Waals surface area contributed by atoms with Gasteiger partial charge < -0.3 is 14.6 Å². The maximum Gasteiger partial charge on any atom is 0.306 e. The standard InChI is InChI=1S/C44H82O5/c1-3-5-7-9-11-13-15-17-19-21-22-23-25-27-29-31-33-35-37-39-44(47)49-42(40-45)41-48-43(46)38-36-34-32-30-28-26-24-20-18-16-14-12-10-8-6-4-2/h17,19-20,24,42,45H,3-16,18,21-23,25-41H2,1-2H3/b19-17-,24-20-. The molecule has 0 aliphatic carbocycles. The van der Waals surface area contributed by atoms with E-state index in [0.29, 0.717) is 12.8 Å². The lowest BCUT2D eigenvalue weighted by Crippen LogP contribution is -2.28. The number of esters is 2. The number of carbonyl (C=O) groups is 2. The van der Waals surface area contributed by atoms with Crippen molar-refractivity contribution in [1.82, 2.24) is 0 Å². The Morgan fingerprint density at radius 2 is 0.755 bits per heavy atom. The predicted molar refractivity (Wildman–Crippen MR) is 210 cm³/mol. The summed E-state index contributed by atoms with van der Waals surface area (Å²) in [4.78, 5) is 24.3. The van der Waals surface area contributed by atoms with Gasteiger partial charge in [0, 0.05) is 12.8 Å². The molecule has 0 radical (unpaired) electrons. The van der Waals surface area contributed by atoms with Gasteiger partial charge in [0.1, 0.15) is 6.61 Å². The van der Waals surface area contributed by atoms with Crippen LogP contribution in [0.5, 0.6) is 0 Å². The summed E-state index contributed by atoms with van der Waals surface area (Å²) < 4.78 is 10.6. The van der Waals surface area contributed by atoms with E-state index in [1.54, 1.807) is 0 Å². The highest BCUT2D eigenvalue weighted by Crippen LogP contribution is 2.14. The molecule has 0 amide bonds. The molecule has 0 aromatic carbocycles. The molecule has 0 aromatic heterocycles. The van der Waals surface area contributed by atoms with E-state index in [2.05, 4.69) is 38.2 Å². The van der Waals surface area contributed by atoms with Gasteiger partial charge in [0.15, 0.2) is 6.10 Å². The van der Waals surface area contributed by atoms with Gasteiger partial charge in [-0.25, -0.2) is 0 Å². The van der Waals surface area contributed by atoms with Crippen molar-refractivity contribution in [2.24, 2.45) is 0 Å². The summed E-state index contributed by atoms with van der Waals surface area (Å²) >= 11 is 0. The molecule has 1 atom stereocenters. The van der Waals surface area contributed by atoms with Gasteiger partial charge in [-0.05, 0) is 64.2 Å². The summed E-state index contributed by atoms with van der Waals surface area (Å²) in [5.74, 6) is -0.595. The van der Waals surface area contributed by atoms with E-state index in [9.17, 15) is 14.7 Å². The van der Waals surface area contributed by atoms with Crippen molar-refractivity contribution in [3.8, 4) is 0 Å². The normalized spacial score (nSPS) is 12.3. The van der Waals surface area contributed by atoms with Crippen LogP contribution in [0.15, 0.2) is 24.3 Å². The first-order valence-electron chi connectivity index (χ1n) is 21.4. The number of carbonyl (C=O) groups excluding carboxylic acids is 2. The molecule has 0 bridgehead atoms. The Labute approximate surface area is 304 Å². The van der Waals surface area contributed by atoms with Crippen LogP contribution in [0, 0.1) is 0 Å². The molecule has 0 aliphatic rings. The minimum Gasteiger partial charge on any atom is -0.462 e. The molecule has 0 saturated carbocycles. The number of allylic oxidation sites excluding steroid dienone is 4. The average Bonchev–Trinajstić information content (AvgIpc) is 3.10. The zero-order valence-corrected chi connectivity index (χ0v) is 32.7. The predicted octanol–water partition coefficient (Wildman–Crippen LogP) is 13.5. The van der Waals surface area contributed by atoms with Gasteiger partial charge in [0.05, 0.1) is 6.61 Å². The first-order valence-corrected chi connectivity index (χ1v) is 21.4. The second-order valence-corrected chi connectivity index (χ2v) is 14.4. The molecule has 288 valence electrons. The summed E-state index contributed by atoms with van der Waals surface area (Å²) in [5.41, 5.74) is 0. The topological polar surface area (TPSA) is 72.8 Å². The molecule has 1 N–H and O–H groups in total. The van der Waals surface area contributed by atoms with E-state index in [-0.39, 0.29) is 25.2 Å². The van der Waals surface area contributed by atoms with Crippen molar-refractivity contribution < 1.29 is 24.2 Å². The summed E-state index contributed by atoms with van der Waals surface area (Å²) in [6.45, 7) is 4.14. The fourth-order valence-corrected chi connectivity index (χ4v) is 6.19.